The fourth-order valence-corrected chi connectivity index (χ4v) is 3.25. The van der Waals surface area contributed by atoms with Crippen LogP contribution in [0, 0.1) is 11.3 Å². The van der Waals surface area contributed by atoms with Crippen molar-refractivity contribution in [2.24, 2.45) is 0 Å². The monoisotopic (exact) mass is 500 g/mol. The normalized spacial score (nSPS) is 10.9. The maximum atomic E-state index is 12.1. The van der Waals surface area contributed by atoms with Crippen LogP contribution in [-0.2, 0) is 20.7 Å². The zero-order valence-corrected chi connectivity index (χ0v) is 19.6. The summed E-state index contributed by atoms with van der Waals surface area (Å²) in [5.41, 5.74) is 1.78. The van der Waals surface area contributed by atoms with E-state index in [1.54, 1.807) is 24.3 Å². The number of carbonyl (C=O) groups is 2. The molecule has 0 aromatic heterocycles. The molecular formula is C24H25BrN2O5. The van der Waals surface area contributed by atoms with Gasteiger partial charge < -0.3 is 19.5 Å². The molecule has 0 bridgehead atoms. The van der Waals surface area contributed by atoms with Crippen molar-refractivity contribution in [2.45, 2.75) is 19.8 Å². The van der Waals surface area contributed by atoms with Gasteiger partial charge in [-0.2, -0.15) is 5.26 Å². The molecule has 0 fully saturated rings. The number of amides is 1. The van der Waals surface area contributed by atoms with Crippen LogP contribution in [-0.4, -0.2) is 38.7 Å². The summed E-state index contributed by atoms with van der Waals surface area (Å²) in [6.07, 6.45) is 3.48. The molecule has 2 aromatic carbocycles. The second-order valence-electron chi connectivity index (χ2n) is 6.77. The van der Waals surface area contributed by atoms with Gasteiger partial charge in [0.2, 0.25) is 0 Å². The average Bonchev–Trinajstić information content (AvgIpc) is 2.78. The lowest BCUT2D eigenvalue weighted by Crippen LogP contribution is -2.27. The molecule has 1 amide bonds. The SMILES string of the molecule is CCCc1ccc(OCC(=O)Oc2ccc(/C=C(\C#N)C(=O)NCCOC)cc2)c(Br)c1. The first-order chi connectivity index (χ1) is 15.5. The van der Waals surface area contributed by atoms with Gasteiger partial charge in [-0.15, -0.1) is 0 Å². The molecule has 0 saturated carbocycles. The van der Waals surface area contributed by atoms with E-state index in [0.717, 1.165) is 17.3 Å². The Kier molecular flexibility index (Phi) is 10.4. The fraction of sp³-hybridized carbons (Fsp3) is 0.292. The summed E-state index contributed by atoms with van der Waals surface area (Å²) in [4.78, 5) is 24.1. The Bertz CT molecular complexity index is 996. The van der Waals surface area contributed by atoms with Gasteiger partial charge in [0.1, 0.15) is 23.1 Å². The Labute approximate surface area is 196 Å². The molecule has 32 heavy (non-hydrogen) atoms. The molecule has 0 unspecified atom stereocenters. The van der Waals surface area contributed by atoms with Crippen molar-refractivity contribution < 1.29 is 23.8 Å². The van der Waals surface area contributed by atoms with E-state index in [-0.39, 0.29) is 12.2 Å². The quantitative estimate of drug-likeness (QED) is 0.164. The highest BCUT2D eigenvalue weighted by atomic mass is 79.9. The molecule has 0 heterocycles. The Morgan fingerprint density at radius 3 is 2.56 bits per heavy atom. The summed E-state index contributed by atoms with van der Waals surface area (Å²) in [5, 5.41) is 11.8. The Morgan fingerprint density at radius 1 is 1.19 bits per heavy atom. The topological polar surface area (TPSA) is 97.7 Å². The lowest BCUT2D eigenvalue weighted by molar-refractivity contribution is -0.136. The minimum absolute atomic E-state index is 0.0326. The van der Waals surface area contributed by atoms with Crippen molar-refractivity contribution in [1.82, 2.24) is 5.32 Å². The highest BCUT2D eigenvalue weighted by Crippen LogP contribution is 2.26. The van der Waals surface area contributed by atoms with E-state index in [0.29, 0.717) is 30.2 Å². The van der Waals surface area contributed by atoms with Gasteiger partial charge in [0, 0.05) is 13.7 Å². The van der Waals surface area contributed by atoms with Crippen LogP contribution in [0.25, 0.3) is 6.08 Å². The second-order valence-corrected chi connectivity index (χ2v) is 7.62. The van der Waals surface area contributed by atoms with Crippen molar-refractivity contribution in [3.63, 3.8) is 0 Å². The minimum atomic E-state index is -0.548. The highest BCUT2D eigenvalue weighted by Gasteiger charge is 2.10. The molecule has 0 spiro atoms. The van der Waals surface area contributed by atoms with Crippen LogP contribution in [0.15, 0.2) is 52.5 Å². The van der Waals surface area contributed by atoms with Gasteiger partial charge in [-0.25, -0.2) is 4.79 Å². The van der Waals surface area contributed by atoms with E-state index >= 15 is 0 Å². The zero-order chi connectivity index (χ0) is 23.3. The van der Waals surface area contributed by atoms with Crippen molar-refractivity contribution in [1.29, 1.82) is 5.26 Å². The first kappa shape index (κ1) is 25.1. The van der Waals surface area contributed by atoms with Crippen LogP contribution in [0.5, 0.6) is 11.5 Å². The van der Waals surface area contributed by atoms with Crippen molar-refractivity contribution >= 4 is 33.9 Å². The molecule has 0 aliphatic heterocycles. The summed E-state index contributed by atoms with van der Waals surface area (Å²) in [5.74, 6) is -0.134. The third-order valence-electron chi connectivity index (χ3n) is 4.26. The Balaban J connectivity index is 1.91. The van der Waals surface area contributed by atoms with E-state index in [2.05, 4.69) is 28.2 Å². The molecular weight excluding hydrogens is 476 g/mol. The molecule has 8 heteroatoms. The fourth-order valence-electron chi connectivity index (χ4n) is 2.71. The number of halogens is 1. The van der Waals surface area contributed by atoms with Gasteiger partial charge in [0.15, 0.2) is 6.61 Å². The number of esters is 1. The van der Waals surface area contributed by atoms with Crippen molar-refractivity contribution in [3.05, 3.63) is 63.6 Å². The molecule has 0 saturated heterocycles. The summed E-state index contributed by atoms with van der Waals surface area (Å²) >= 11 is 3.45. The first-order valence-corrected chi connectivity index (χ1v) is 10.9. The molecule has 7 nitrogen and oxygen atoms in total. The number of methoxy groups -OCH3 is 1. The van der Waals surface area contributed by atoms with Crippen LogP contribution < -0.4 is 14.8 Å². The first-order valence-electron chi connectivity index (χ1n) is 10.1. The van der Waals surface area contributed by atoms with Crippen molar-refractivity contribution in [3.8, 4) is 17.6 Å². The maximum Gasteiger partial charge on any atom is 0.349 e. The Morgan fingerprint density at radius 2 is 1.94 bits per heavy atom. The van der Waals surface area contributed by atoms with Gasteiger partial charge in [0.05, 0.1) is 11.1 Å². The van der Waals surface area contributed by atoms with E-state index in [9.17, 15) is 14.9 Å². The number of benzene rings is 2. The Hall–Kier alpha value is -3.15. The molecule has 0 atom stereocenters. The van der Waals surface area contributed by atoms with Crippen LogP contribution >= 0.6 is 15.9 Å². The maximum absolute atomic E-state index is 12.1. The number of aryl methyl sites for hydroxylation is 1. The van der Waals surface area contributed by atoms with Crippen LogP contribution in [0.2, 0.25) is 0 Å². The van der Waals surface area contributed by atoms with Crippen molar-refractivity contribution in [2.75, 3.05) is 26.9 Å². The predicted octanol–water partition coefficient (Wildman–Crippen LogP) is 4.06. The zero-order valence-electron chi connectivity index (χ0n) is 18.0. The average molecular weight is 501 g/mol. The van der Waals surface area contributed by atoms with E-state index in [1.807, 2.05) is 24.3 Å². The second kappa shape index (κ2) is 13.3. The van der Waals surface area contributed by atoms with E-state index in [4.69, 9.17) is 14.2 Å². The lowest BCUT2D eigenvalue weighted by atomic mass is 10.1. The van der Waals surface area contributed by atoms with Gasteiger partial charge in [-0.1, -0.05) is 31.5 Å². The molecule has 2 aromatic rings. The third kappa shape index (κ3) is 8.17. The van der Waals surface area contributed by atoms with Gasteiger partial charge >= 0.3 is 5.97 Å². The lowest BCUT2D eigenvalue weighted by Gasteiger charge is -2.10. The van der Waals surface area contributed by atoms with Crippen LogP contribution in [0.3, 0.4) is 0 Å². The molecule has 0 aliphatic carbocycles. The van der Waals surface area contributed by atoms with E-state index in [1.165, 1.54) is 18.7 Å². The molecule has 2 rings (SSSR count). The summed E-state index contributed by atoms with van der Waals surface area (Å²) in [6.45, 7) is 2.54. The number of ether oxygens (including phenoxy) is 3. The number of rotatable bonds is 11. The number of hydrogen-bond acceptors (Lipinski definition) is 6. The number of nitriles is 1. The van der Waals surface area contributed by atoms with Gasteiger partial charge in [-0.05, 0) is 63.8 Å². The summed E-state index contributed by atoms with van der Waals surface area (Å²) in [6, 6.07) is 14.1. The van der Waals surface area contributed by atoms with Gasteiger partial charge in [0.25, 0.3) is 5.91 Å². The molecule has 1 N–H and O–H groups in total. The van der Waals surface area contributed by atoms with Crippen LogP contribution in [0.1, 0.15) is 24.5 Å². The number of nitrogens with zero attached hydrogens (tertiary/aromatic N) is 1. The third-order valence-corrected chi connectivity index (χ3v) is 4.88. The smallest absolute Gasteiger partial charge is 0.349 e. The van der Waals surface area contributed by atoms with Gasteiger partial charge in [-0.3, -0.25) is 4.79 Å². The molecule has 0 radical (unpaired) electrons. The molecule has 168 valence electrons. The standard InChI is InChI=1S/C24H25BrN2O5/c1-3-4-17-7-10-22(21(25)14-17)31-16-23(28)32-20-8-5-18(6-9-20)13-19(15-26)24(29)27-11-12-30-2/h5-10,13-14H,3-4,11-12,16H2,1-2H3,(H,27,29)/b19-13+. The summed E-state index contributed by atoms with van der Waals surface area (Å²) in [7, 11) is 1.53. The minimum Gasteiger partial charge on any atom is -0.481 e. The number of nitrogens with one attached hydrogen (secondary N) is 1. The largest absolute Gasteiger partial charge is 0.481 e. The summed E-state index contributed by atoms with van der Waals surface area (Å²) < 4.78 is 16.5. The number of hydrogen-bond donors (Lipinski definition) is 1. The highest BCUT2D eigenvalue weighted by molar-refractivity contribution is 9.10. The number of carbonyl (C=O) groups excluding carboxylic acids is 2. The molecule has 0 aliphatic rings. The van der Waals surface area contributed by atoms with Crippen LogP contribution in [0.4, 0.5) is 0 Å². The predicted molar refractivity (Wildman–Crippen MR) is 124 cm³/mol. The van der Waals surface area contributed by atoms with E-state index < -0.39 is 11.9 Å².